The van der Waals surface area contributed by atoms with Gasteiger partial charge in [0.2, 0.25) is 0 Å². The molecule has 33 heavy (non-hydrogen) atoms. The highest BCUT2D eigenvalue weighted by Crippen LogP contribution is 2.36. The van der Waals surface area contributed by atoms with E-state index in [4.69, 9.17) is 15.6 Å². The molecule has 1 aliphatic rings. The quantitative estimate of drug-likeness (QED) is 0.342. The molecule has 2 heterocycles. The Kier molecular flexibility index (Phi) is 6.28. The normalized spacial score (nSPS) is 18.3. The summed E-state index contributed by atoms with van der Waals surface area (Å²) in [6, 6.07) is 18.4. The Bertz CT molecular complexity index is 1230. The minimum atomic E-state index is 0.281. The molecule has 0 amide bonds. The highest BCUT2D eigenvalue weighted by Gasteiger charge is 2.26. The van der Waals surface area contributed by atoms with Crippen molar-refractivity contribution in [2.75, 3.05) is 5.73 Å². The van der Waals surface area contributed by atoms with Crippen LogP contribution >= 0.6 is 11.9 Å². The third kappa shape index (κ3) is 4.58. The minimum absolute atomic E-state index is 0.281. The zero-order chi connectivity index (χ0) is 22.6. The molecule has 2 aromatic carbocycles. The molecular formula is C25H26N6OS. The molecule has 5 rings (SSSR count). The lowest BCUT2D eigenvalue weighted by Gasteiger charge is -2.28. The maximum absolute atomic E-state index is 6.29. The summed E-state index contributed by atoms with van der Waals surface area (Å²) in [5.74, 6) is 2.01. The van der Waals surface area contributed by atoms with Crippen LogP contribution in [-0.2, 0) is 0 Å². The largest absolute Gasteiger partial charge is 0.457 e. The first-order valence-corrected chi connectivity index (χ1v) is 11.9. The summed E-state index contributed by atoms with van der Waals surface area (Å²) in [6.07, 6.45) is 5.73. The van der Waals surface area contributed by atoms with Gasteiger partial charge >= 0.3 is 0 Å². The number of hydrogen-bond donors (Lipinski definition) is 2. The summed E-state index contributed by atoms with van der Waals surface area (Å²) in [5, 5.41) is 7.63. The lowest BCUT2D eigenvalue weighted by molar-refractivity contribution is 0.302. The average Bonchev–Trinajstić information content (AvgIpc) is 3.25. The van der Waals surface area contributed by atoms with Crippen LogP contribution in [0.1, 0.15) is 31.7 Å². The first-order chi connectivity index (χ1) is 16.2. The highest BCUT2D eigenvalue weighted by molar-refractivity contribution is 8.00. The van der Waals surface area contributed by atoms with Crippen LogP contribution in [-0.4, -0.2) is 25.8 Å². The highest BCUT2D eigenvalue weighted by atomic mass is 32.2. The van der Waals surface area contributed by atoms with Gasteiger partial charge in [0, 0.05) is 11.6 Å². The zero-order valence-electron chi connectivity index (χ0n) is 18.2. The number of rotatable bonds is 7. The standard InChI is InChI=1S/C25H26N6OS/c1-2-33-30-18-10-12-19(13-11-18)31-25-22(24(26)27-16-28-25)23(29-31)17-8-14-21(15-9-17)32-20-6-4-3-5-7-20/h2-9,14-16,18-19,30H,1,10-13H2,(H2,26,27,28). The summed E-state index contributed by atoms with van der Waals surface area (Å²) >= 11 is 1.56. The maximum Gasteiger partial charge on any atom is 0.164 e. The molecule has 1 fully saturated rings. The molecule has 0 saturated heterocycles. The molecule has 0 radical (unpaired) electrons. The molecule has 0 bridgehead atoms. The fraction of sp³-hybridized carbons (Fsp3) is 0.240. The van der Waals surface area contributed by atoms with E-state index in [0.717, 1.165) is 59.5 Å². The molecule has 4 aromatic rings. The number of hydrogen-bond acceptors (Lipinski definition) is 7. The summed E-state index contributed by atoms with van der Waals surface area (Å²) < 4.78 is 11.4. The zero-order valence-corrected chi connectivity index (χ0v) is 19.0. The topological polar surface area (TPSA) is 90.9 Å². The van der Waals surface area contributed by atoms with Gasteiger partial charge in [-0.15, -0.1) is 0 Å². The van der Waals surface area contributed by atoms with E-state index >= 15 is 0 Å². The Labute approximate surface area is 197 Å². The van der Waals surface area contributed by atoms with Crippen molar-refractivity contribution in [3.63, 3.8) is 0 Å². The van der Waals surface area contributed by atoms with Crippen molar-refractivity contribution in [2.45, 2.75) is 37.8 Å². The van der Waals surface area contributed by atoms with Crippen molar-refractivity contribution in [3.05, 3.63) is 72.9 Å². The lowest BCUT2D eigenvalue weighted by atomic mass is 9.92. The summed E-state index contributed by atoms with van der Waals surface area (Å²) in [7, 11) is 0. The Morgan fingerprint density at radius 1 is 1.00 bits per heavy atom. The van der Waals surface area contributed by atoms with E-state index in [1.54, 1.807) is 11.9 Å². The number of para-hydroxylation sites is 1. The molecule has 7 nitrogen and oxygen atoms in total. The average molecular weight is 459 g/mol. The third-order valence-corrected chi connectivity index (χ3v) is 6.62. The minimum Gasteiger partial charge on any atom is -0.457 e. The summed E-state index contributed by atoms with van der Waals surface area (Å²) in [4.78, 5) is 8.79. The van der Waals surface area contributed by atoms with Crippen LogP contribution < -0.4 is 15.2 Å². The maximum atomic E-state index is 6.29. The van der Waals surface area contributed by atoms with Gasteiger partial charge < -0.3 is 10.5 Å². The molecule has 0 atom stereocenters. The fourth-order valence-electron chi connectivity index (χ4n) is 4.34. The molecule has 0 spiro atoms. The number of nitrogens with zero attached hydrogens (tertiary/aromatic N) is 4. The molecule has 2 aromatic heterocycles. The van der Waals surface area contributed by atoms with Crippen molar-refractivity contribution >= 4 is 28.8 Å². The molecule has 0 aliphatic heterocycles. The van der Waals surface area contributed by atoms with Gasteiger partial charge in [0.05, 0.1) is 11.4 Å². The summed E-state index contributed by atoms with van der Waals surface area (Å²) in [5.41, 5.74) is 8.85. The predicted molar refractivity (Wildman–Crippen MR) is 134 cm³/mol. The van der Waals surface area contributed by atoms with Gasteiger partial charge in [0.1, 0.15) is 29.3 Å². The first-order valence-electron chi connectivity index (χ1n) is 11.1. The molecule has 3 N–H and O–H groups in total. The van der Waals surface area contributed by atoms with E-state index < -0.39 is 0 Å². The third-order valence-electron chi connectivity index (χ3n) is 5.99. The Hall–Kier alpha value is -3.36. The van der Waals surface area contributed by atoms with Crippen LogP contribution in [0.25, 0.3) is 22.3 Å². The lowest BCUT2D eigenvalue weighted by Crippen LogP contribution is -2.29. The van der Waals surface area contributed by atoms with Crippen molar-refractivity contribution in [1.82, 2.24) is 24.5 Å². The van der Waals surface area contributed by atoms with E-state index in [0.29, 0.717) is 11.9 Å². The monoisotopic (exact) mass is 458 g/mol. The van der Waals surface area contributed by atoms with Gasteiger partial charge in [-0.25, -0.2) is 14.6 Å². The van der Waals surface area contributed by atoms with E-state index in [9.17, 15) is 0 Å². The number of benzene rings is 2. The number of nitrogen functional groups attached to an aromatic ring is 1. The smallest absolute Gasteiger partial charge is 0.164 e. The van der Waals surface area contributed by atoms with Crippen LogP contribution in [0.4, 0.5) is 5.82 Å². The molecule has 0 unspecified atom stereocenters. The van der Waals surface area contributed by atoms with Crippen LogP contribution in [0.15, 0.2) is 72.9 Å². The van der Waals surface area contributed by atoms with Gasteiger partial charge in [0.25, 0.3) is 0 Å². The number of nitrogens with one attached hydrogen (secondary N) is 1. The Balaban J connectivity index is 1.43. The fourth-order valence-corrected chi connectivity index (χ4v) is 4.86. The SMILES string of the molecule is C=CSNC1CCC(n2nc(-c3ccc(Oc4ccccc4)cc3)c3c(N)ncnc32)CC1. The molecule has 1 saturated carbocycles. The van der Waals surface area contributed by atoms with Crippen molar-refractivity contribution in [2.24, 2.45) is 0 Å². The number of nitrogens with two attached hydrogens (primary N) is 1. The number of anilines is 1. The second-order valence-electron chi connectivity index (χ2n) is 8.10. The Morgan fingerprint density at radius 2 is 1.73 bits per heavy atom. The van der Waals surface area contributed by atoms with Gasteiger partial charge in [-0.05, 0) is 67.5 Å². The van der Waals surface area contributed by atoms with Crippen LogP contribution in [0.3, 0.4) is 0 Å². The molecule has 1 aliphatic carbocycles. The first kappa shape index (κ1) is 21.5. The molecule has 8 heteroatoms. The summed E-state index contributed by atoms with van der Waals surface area (Å²) in [6.45, 7) is 3.76. The number of ether oxygens (including phenoxy) is 1. The van der Waals surface area contributed by atoms with Gasteiger partial charge in [-0.1, -0.05) is 36.7 Å². The van der Waals surface area contributed by atoms with E-state index in [-0.39, 0.29) is 6.04 Å². The van der Waals surface area contributed by atoms with E-state index in [1.165, 1.54) is 6.33 Å². The van der Waals surface area contributed by atoms with Crippen molar-refractivity contribution in [3.8, 4) is 22.8 Å². The second kappa shape index (κ2) is 9.64. The van der Waals surface area contributed by atoms with Crippen LogP contribution in [0.5, 0.6) is 11.5 Å². The Morgan fingerprint density at radius 3 is 2.45 bits per heavy atom. The predicted octanol–water partition coefficient (Wildman–Crippen LogP) is 5.73. The van der Waals surface area contributed by atoms with Crippen molar-refractivity contribution in [1.29, 1.82) is 0 Å². The number of aromatic nitrogens is 4. The van der Waals surface area contributed by atoms with Crippen LogP contribution in [0.2, 0.25) is 0 Å². The van der Waals surface area contributed by atoms with Crippen LogP contribution in [0, 0.1) is 0 Å². The van der Waals surface area contributed by atoms with Crippen molar-refractivity contribution < 1.29 is 4.74 Å². The van der Waals surface area contributed by atoms with Gasteiger partial charge in [-0.2, -0.15) is 5.10 Å². The van der Waals surface area contributed by atoms with E-state index in [1.807, 2.05) is 64.7 Å². The molecular weight excluding hydrogens is 432 g/mol. The van der Waals surface area contributed by atoms with Gasteiger partial charge in [0.15, 0.2) is 5.65 Å². The number of fused-ring (bicyclic) bond motifs is 1. The van der Waals surface area contributed by atoms with E-state index in [2.05, 4.69) is 21.3 Å². The molecule has 168 valence electrons. The van der Waals surface area contributed by atoms with Gasteiger partial charge in [-0.3, -0.25) is 4.72 Å². The second-order valence-corrected chi connectivity index (χ2v) is 8.90.